The summed E-state index contributed by atoms with van der Waals surface area (Å²) < 4.78 is 1.97. The van der Waals surface area contributed by atoms with Crippen molar-refractivity contribution in [3.05, 3.63) is 18.0 Å². The van der Waals surface area contributed by atoms with E-state index < -0.39 is 0 Å². The molecule has 0 saturated carbocycles. The molecule has 0 aliphatic heterocycles. The number of hydrogen-bond acceptors (Lipinski definition) is 2. The van der Waals surface area contributed by atoms with Gasteiger partial charge in [-0.25, -0.2) is 0 Å². The zero-order chi connectivity index (χ0) is 12.1. The molecular weight excluding hydrogens is 198 g/mol. The second-order valence-electron chi connectivity index (χ2n) is 4.98. The van der Waals surface area contributed by atoms with Crippen molar-refractivity contribution < 1.29 is 0 Å². The van der Waals surface area contributed by atoms with Gasteiger partial charge in [-0.2, -0.15) is 5.10 Å². The van der Waals surface area contributed by atoms with Crippen molar-refractivity contribution in [3.63, 3.8) is 0 Å². The van der Waals surface area contributed by atoms with Crippen LogP contribution < -0.4 is 5.32 Å². The zero-order valence-corrected chi connectivity index (χ0v) is 11.2. The van der Waals surface area contributed by atoms with Crippen LogP contribution in [-0.4, -0.2) is 22.9 Å². The van der Waals surface area contributed by atoms with Crippen molar-refractivity contribution in [1.82, 2.24) is 15.1 Å². The summed E-state index contributed by atoms with van der Waals surface area (Å²) in [4.78, 5) is 0. The average molecular weight is 223 g/mol. The van der Waals surface area contributed by atoms with E-state index in [1.54, 1.807) is 0 Å². The molecule has 0 amide bonds. The Hall–Kier alpha value is -0.830. The monoisotopic (exact) mass is 223 g/mol. The molecule has 0 aromatic carbocycles. The number of aromatic nitrogens is 2. The fraction of sp³-hybridized carbons (Fsp3) is 0.769. The van der Waals surface area contributed by atoms with Gasteiger partial charge in [0, 0.05) is 25.0 Å². The molecule has 0 spiro atoms. The molecule has 0 aliphatic rings. The van der Waals surface area contributed by atoms with Gasteiger partial charge in [0.2, 0.25) is 0 Å². The highest BCUT2D eigenvalue weighted by Crippen LogP contribution is 2.18. The SMILES string of the molecule is CNC(CCc1ccnn1C)C(C)C(C)C. The number of nitrogens with zero attached hydrogens (tertiary/aromatic N) is 2. The van der Waals surface area contributed by atoms with E-state index in [1.807, 2.05) is 17.9 Å². The van der Waals surface area contributed by atoms with Crippen LogP contribution in [0.5, 0.6) is 0 Å². The van der Waals surface area contributed by atoms with E-state index >= 15 is 0 Å². The van der Waals surface area contributed by atoms with Crippen molar-refractivity contribution in [1.29, 1.82) is 0 Å². The molecule has 0 radical (unpaired) electrons. The van der Waals surface area contributed by atoms with Gasteiger partial charge < -0.3 is 5.32 Å². The molecule has 1 heterocycles. The van der Waals surface area contributed by atoms with Crippen LogP contribution in [0, 0.1) is 11.8 Å². The van der Waals surface area contributed by atoms with E-state index in [0.717, 1.165) is 12.3 Å². The number of aryl methyl sites for hydroxylation is 2. The first-order chi connectivity index (χ1) is 7.56. The van der Waals surface area contributed by atoms with Gasteiger partial charge in [-0.1, -0.05) is 20.8 Å². The third kappa shape index (κ3) is 3.34. The fourth-order valence-corrected chi connectivity index (χ4v) is 2.08. The van der Waals surface area contributed by atoms with Crippen LogP contribution in [0.3, 0.4) is 0 Å². The summed E-state index contributed by atoms with van der Waals surface area (Å²) in [5.74, 6) is 1.43. The van der Waals surface area contributed by atoms with Crippen molar-refractivity contribution in [2.24, 2.45) is 18.9 Å². The van der Waals surface area contributed by atoms with E-state index in [9.17, 15) is 0 Å². The molecule has 0 saturated heterocycles. The van der Waals surface area contributed by atoms with E-state index in [1.165, 1.54) is 12.1 Å². The van der Waals surface area contributed by atoms with Crippen LogP contribution in [0.1, 0.15) is 32.9 Å². The molecule has 92 valence electrons. The predicted molar refractivity (Wildman–Crippen MR) is 68.4 cm³/mol. The fourth-order valence-electron chi connectivity index (χ4n) is 2.08. The summed E-state index contributed by atoms with van der Waals surface area (Å²) in [7, 11) is 4.07. The summed E-state index contributed by atoms with van der Waals surface area (Å²) in [6.45, 7) is 6.91. The largest absolute Gasteiger partial charge is 0.317 e. The van der Waals surface area contributed by atoms with Crippen LogP contribution in [0.4, 0.5) is 0 Å². The minimum atomic E-state index is 0.592. The van der Waals surface area contributed by atoms with Gasteiger partial charge in [-0.15, -0.1) is 0 Å². The maximum atomic E-state index is 4.20. The Labute approximate surface area is 99.2 Å². The number of nitrogens with one attached hydrogen (secondary N) is 1. The van der Waals surface area contributed by atoms with Crippen LogP contribution in [0.15, 0.2) is 12.3 Å². The van der Waals surface area contributed by atoms with Gasteiger partial charge in [0.1, 0.15) is 0 Å². The van der Waals surface area contributed by atoms with E-state index in [-0.39, 0.29) is 0 Å². The highest BCUT2D eigenvalue weighted by Gasteiger charge is 2.18. The van der Waals surface area contributed by atoms with Crippen LogP contribution >= 0.6 is 0 Å². The molecule has 0 aliphatic carbocycles. The molecule has 1 N–H and O–H groups in total. The Morgan fingerprint density at radius 1 is 1.38 bits per heavy atom. The second-order valence-corrected chi connectivity index (χ2v) is 4.98. The molecular formula is C13H25N3. The molecule has 1 rings (SSSR count). The molecule has 16 heavy (non-hydrogen) atoms. The standard InChI is InChI=1S/C13H25N3/c1-10(2)11(3)13(14-4)7-6-12-8-9-15-16(12)5/h8-11,13-14H,6-7H2,1-5H3. The summed E-state index contributed by atoms with van der Waals surface area (Å²) in [6, 6.07) is 2.70. The quantitative estimate of drug-likeness (QED) is 0.801. The van der Waals surface area contributed by atoms with E-state index in [4.69, 9.17) is 0 Å². The van der Waals surface area contributed by atoms with E-state index in [2.05, 4.69) is 44.3 Å². The molecule has 1 aromatic rings. The number of rotatable bonds is 6. The summed E-state index contributed by atoms with van der Waals surface area (Å²) in [5.41, 5.74) is 1.32. The van der Waals surface area contributed by atoms with Crippen LogP contribution in [0.2, 0.25) is 0 Å². The maximum Gasteiger partial charge on any atom is 0.0492 e. The first kappa shape index (κ1) is 13.2. The van der Waals surface area contributed by atoms with Crippen LogP contribution in [0.25, 0.3) is 0 Å². The lowest BCUT2D eigenvalue weighted by atomic mass is 9.87. The molecule has 0 fully saturated rings. The van der Waals surface area contributed by atoms with Gasteiger partial charge in [-0.3, -0.25) is 4.68 Å². The third-order valence-electron chi connectivity index (χ3n) is 3.69. The normalized spacial score (nSPS) is 15.4. The van der Waals surface area contributed by atoms with Crippen molar-refractivity contribution in [2.45, 2.75) is 39.7 Å². The number of hydrogen-bond donors (Lipinski definition) is 1. The molecule has 3 heteroatoms. The Morgan fingerprint density at radius 2 is 2.06 bits per heavy atom. The first-order valence-corrected chi connectivity index (χ1v) is 6.20. The lowest BCUT2D eigenvalue weighted by Gasteiger charge is -2.26. The third-order valence-corrected chi connectivity index (χ3v) is 3.69. The van der Waals surface area contributed by atoms with Gasteiger partial charge in [0.25, 0.3) is 0 Å². The van der Waals surface area contributed by atoms with Gasteiger partial charge in [-0.05, 0) is 37.8 Å². The summed E-state index contributed by atoms with van der Waals surface area (Å²) >= 11 is 0. The molecule has 3 nitrogen and oxygen atoms in total. The lowest BCUT2D eigenvalue weighted by Crippen LogP contribution is -2.35. The van der Waals surface area contributed by atoms with E-state index in [0.29, 0.717) is 12.0 Å². The Bertz CT molecular complexity index is 304. The van der Waals surface area contributed by atoms with Crippen molar-refractivity contribution >= 4 is 0 Å². The predicted octanol–water partition coefficient (Wildman–Crippen LogP) is 2.23. The highest BCUT2D eigenvalue weighted by atomic mass is 15.2. The Balaban J connectivity index is 2.49. The Kier molecular flexibility index (Phi) is 5.00. The minimum Gasteiger partial charge on any atom is -0.317 e. The van der Waals surface area contributed by atoms with Gasteiger partial charge in [0.05, 0.1) is 0 Å². The van der Waals surface area contributed by atoms with Crippen molar-refractivity contribution in [3.8, 4) is 0 Å². The second kappa shape index (κ2) is 6.04. The topological polar surface area (TPSA) is 29.9 Å². The summed E-state index contributed by atoms with van der Waals surface area (Å²) in [6.07, 6.45) is 4.14. The molecule has 1 aromatic heterocycles. The van der Waals surface area contributed by atoms with Crippen LogP contribution in [-0.2, 0) is 13.5 Å². The highest BCUT2D eigenvalue weighted by molar-refractivity contribution is 5.00. The first-order valence-electron chi connectivity index (χ1n) is 6.20. The maximum absolute atomic E-state index is 4.20. The zero-order valence-electron chi connectivity index (χ0n) is 11.2. The molecule has 0 bridgehead atoms. The van der Waals surface area contributed by atoms with Crippen molar-refractivity contribution in [2.75, 3.05) is 7.05 Å². The van der Waals surface area contributed by atoms with Gasteiger partial charge >= 0.3 is 0 Å². The summed E-state index contributed by atoms with van der Waals surface area (Å²) in [5, 5.41) is 7.63. The smallest absolute Gasteiger partial charge is 0.0492 e. The minimum absolute atomic E-state index is 0.592. The van der Waals surface area contributed by atoms with Gasteiger partial charge in [0.15, 0.2) is 0 Å². The lowest BCUT2D eigenvalue weighted by molar-refractivity contribution is 0.297. The molecule has 2 atom stereocenters. The average Bonchev–Trinajstić information content (AvgIpc) is 2.65. The Morgan fingerprint density at radius 3 is 2.50 bits per heavy atom. The molecule has 2 unspecified atom stereocenters.